The van der Waals surface area contributed by atoms with Crippen LogP contribution in [-0.2, 0) is 0 Å². The fraction of sp³-hybridized carbons (Fsp3) is 0. The molecule has 0 aliphatic heterocycles. The van der Waals surface area contributed by atoms with Crippen LogP contribution in [0.15, 0.2) is 70.9 Å². The van der Waals surface area contributed by atoms with Gasteiger partial charge in [-0.1, -0.05) is 12.1 Å². The molecule has 0 amide bonds. The van der Waals surface area contributed by atoms with E-state index in [4.69, 9.17) is 0 Å². The topological polar surface area (TPSA) is 91.0 Å². The quantitative estimate of drug-likeness (QED) is 0.528. The Bertz CT molecular complexity index is 1010. The highest BCUT2D eigenvalue weighted by molar-refractivity contribution is 5.86. The van der Waals surface area contributed by atoms with Gasteiger partial charge in [0.2, 0.25) is 0 Å². The zero-order valence-corrected chi connectivity index (χ0v) is 12.5. The second kappa shape index (κ2) is 5.58. The van der Waals surface area contributed by atoms with Gasteiger partial charge in [0.25, 0.3) is 0 Å². The van der Waals surface area contributed by atoms with Gasteiger partial charge in [0.15, 0.2) is 11.6 Å². The molecule has 4 rings (SSSR count). The highest BCUT2D eigenvalue weighted by Crippen LogP contribution is 2.27. The average molecular weight is 316 g/mol. The Labute approximate surface area is 136 Å². The van der Waals surface area contributed by atoms with Crippen molar-refractivity contribution in [2.45, 2.75) is 0 Å². The number of nitrogens with zero attached hydrogens (tertiary/aromatic N) is 4. The molecule has 0 atom stereocenters. The molecule has 4 aromatic rings. The molecule has 0 aliphatic rings. The van der Waals surface area contributed by atoms with E-state index < -0.39 is 0 Å². The molecule has 0 unspecified atom stereocenters. The van der Waals surface area contributed by atoms with Crippen LogP contribution in [0.4, 0.5) is 11.6 Å². The molecule has 2 N–H and O–H groups in total. The molecule has 0 bridgehead atoms. The molecular weight excluding hydrogens is 304 g/mol. The number of hydrogen-bond donors (Lipinski definition) is 2. The van der Waals surface area contributed by atoms with Crippen molar-refractivity contribution in [1.82, 2.24) is 9.97 Å². The zero-order valence-electron chi connectivity index (χ0n) is 12.5. The SMILES string of the molecule is Oc1cccc2nc(N=Nc3ccc4c(O)cccc4n3)ccc12. The molecule has 0 saturated carbocycles. The minimum atomic E-state index is 0.180. The number of phenols is 2. The molecule has 2 aromatic carbocycles. The molecule has 0 saturated heterocycles. The Morgan fingerprint density at radius 3 is 1.50 bits per heavy atom. The summed E-state index contributed by atoms with van der Waals surface area (Å²) in [6.45, 7) is 0. The number of hydrogen-bond acceptors (Lipinski definition) is 6. The van der Waals surface area contributed by atoms with E-state index in [0.29, 0.717) is 33.4 Å². The highest BCUT2D eigenvalue weighted by atomic mass is 16.3. The lowest BCUT2D eigenvalue weighted by Gasteiger charge is -2.01. The number of azo groups is 1. The molecule has 6 heteroatoms. The van der Waals surface area contributed by atoms with Gasteiger partial charge < -0.3 is 10.2 Å². The minimum Gasteiger partial charge on any atom is -0.507 e. The fourth-order valence-electron chi connectivity index (χ4n) is 2.47. The number of fused-ring (bicyclic) bond motifs is 2. The number of pyridine rings is 2. The molecule has 2 heterocycles. The van der Waals surface area contributed by atoms with E-state index in [0.717, 1.165) is 0 Å². The summed E-state index contributed by atoms with van der Waals surface area (Å²) in [5.41, 5.74) is 1.28. The van der Waals surface area contributed by atoms with E-state index in [1.807, 2.05) is 0 Å². The maximum absolute atomic E-state index is 9.77. The van der Waals surface area contributed by atoms with E-state index in [1.54, 1.807) is 60.7 Å². The largest absolute Gasteiger partial charge is 0.507 e. The molecule has 24 heavy (non-hydrogen) atoms. The average Bonchev–Trinajstić information content (AvgIpc) is 2.60. The first-order valence-electron chi connectivity index (χ1n) is 7.30. The van der Waals surface area contributed by atoms with E-state index >= 15 is 0 Å². The predicted octanol–water partition coefficient (Wildman–Crippen LogP) is 4.61. The van der Waals surface area contributed by atoms with Crippen molar-refractivity contribution in [1.29, 1.82) is 0 Å². The maximum atomic E-state index is 9.77. The first-order valence-corrected chi connectivity index (χ1v) is 7.30. The standard InChI is InChI=1S/C18H12N4O2/c23-15-5-1-3-13-11(15)7-9-17(19-13)21-22-18-10-8-12-14(20-18)4-2-6-16(12)24/h1-10,23-24H. The number of aromatic nitrogens is 2. The van der Waals surface area contributed by atoms with Gasteiger partial charge in [-0.25, -0.2) is 9.97 Å². The number of benzene rings is 2. The van der Waals surface area contributed by atoms with Gasteiger partial charge in [-0.3, -0.25) is 0 Å². The monoisotopic (exact) mass is 316 g/mol. The number of aromatic hydroxyl groups is 2. The minimum absolute atomic E-state index is 0.180. The van der Waals surface area contributed by atoms with Gasteiger partial charge in [-0.05, 0) is 48.5 Å². The van der Waals surface area contributed by atoms with Crippen molar-refractivity contribution in [3.8, 4) is 11.5 Å². The number of rotatable bonds is 2. The molecule has 0 fully saturated rings. The third-order valence-corrected chi connectivity index (χ3v) is 3.64. The third kappa shape index (κ3) is 2.50. The van der Waals surface area contributed by atoms with Crippen LogP contribution >= 0.6 is 0 Å². The van der Waals surface area contributed by atoms with Crippen LogP contribution in [0.25, 0.3) is 21.8 Å². The molecule has 6 nitrogen and oxygen atoms in total. The molecular formula is C18H12N4O2. The molecule has 0 aliphatic carbocycles. The van der Waals surface area contributed by atoms with E-state index in [1.165, 1.54) is 0 Å². The third-order valence-electron chi connectivity index (χ3n) is 3.64. The summed E-state index contributed by atoms with van der Waals surface area (Å²) < 4.78 is 0. The summed E-state index contributed by atoms with van der Waals surface area (Å²) in [5, 5.41) is 29.0. The van der Waals surface area contributed by atoms with Crippen molar-refractivity contribution in [3.05, 3.63) is 60.7 Å². The summed E-state index contributed by atoms with van der Waals surface area (Å²) >= 11 is 0. The van der Waals surface area contributed by atoms with Crippen LogP contribution in [-0.4, -0.2) is 20.2 Å². The van der Waals surface area contributed by atoms with Crippen LogP contribution in [0.3, 0.4) is 0 Å². The van der Waals surface area contributed by atoms with Gasteiger partial charge in [-0.2, -0.15) is 0 Å². The summed E-state index contributed by atoms with van der Waals surface area (Å²) in [6, 6.07) is 17.1. The normalized spacial score (nSPS) is 11.5. The molecule has 0 spiro atoms. The lowest BCUT2D eigenvalue weighted by Crippen LogP contribution is -1.80. The Hall–Kier alpha value is -3.54. The van der Waals surface area contributed by atoms with Crippen molar-refractivity contribution in [3.63, 3.8) is 0 Å². The zero-order chi connectivity index (χ0) is 16.5. The summed E-state index contributed by atoms with van der Waals surface area (Å²) in [6.07, 6.45) is 0. The van der Waals surface area contributed by atoms with Crippen molar-refractivity contribution < 1.29 is 10.2 Å². The first-order chi connectivity index (χ1) is 11.7. The van der Waals surface area contributed by atoms with E-state index in [2.05, 4.69) is 20.2 Å². The van der Waals surface area contributed by atoms with Crippen LogP contribution in [0.2, 0.25) is 0 Å². The second-order valence-corrected chi connectivity index (χ2v) is 5.23. The lowest BCUT2D eigenvalue weighted by atomic mass is 10.2. The predicted molar refractivity (Wildman–Crippen MR) is 91.0 cm³/mol. The van der Waals surface area contributed by atoms with Crippen molar-refractivity contribution >= 4 is 33.4 Å². The van der Waals surface area contributed by atoms with Crippen LogP contribution in [0.5, 0.6) is 11.5 Å². The highest BCUT2D eigenvalue weighted by Gasteiger charge is 2.03. The summed E-state index contributed by atoms with van der Waals surface area (Å²) in [7, 11) is 0. The summed E-state index contributed by atoms with van der Waals surface area (Å²) in [5.74, 6) is 1.20. The second-order valence-electron chi connectivity index (χ2n) is 5.23. The summed E-state index contributed by atoms with van der Waals surface area (Å²) in [4.78, 5) is 8.68. The van der Waals surface area contributed by atoms with Crippen molar-refractivity contribution in [2.24, 2.45) is 10.2 Å². The Morgan fingerprint density at radius 1 is 0.583 bits per heavy atom. The Morgan fingerprint density at radius 2 is 1.04 bits per heavy atom. The first kappa shape index (κ1) is 14.1. The Balaban J connectivity index is 1.70. The molecule has 116 valence electrons. The Kier molecular flexibility index (Phi) is 3.28. The van der Waals surface area contributed by atoms with Gasteiger partial charge in [-0.15, -0.1) is 10.2 Å². The van der Waals surface area contributed by atoms with Gasteiger partial charge >= 0.3 is 0 Å². The molecule has 0 radical (unpaired) electrons. The van der Waals surface area contributed by atoms with E-state index in [-0.39, 0.29) is 11.5 Å². The van der Waals surface area contributed by atoms with Crippen LogP contribution in [0.1, 0.15) is 0 Å². The lowest BCUT2D eigenvalue weighted by molar-refractivity contribution is 0.481. The van der Waals surface area contributed by atoms with Gasteiger partial charge in [0, 0.05) is 10.8 Å². The van der Waals surface area contributed by atoms with Crippen LogP contribution < -0.4 is 0 Å². The van der Waals surface area contributed by atoms with Gasteiger partial charge in [0.05, 0.1) is 11.0 Å². The molecule has 2 aromatic heterocycles. The number of phenolic OH excluding ortho intramolecular Hbond substituents is 2. The smallest absolute Gasteiger partial charge is 0.175 e. The van der Waals surface area contributed by atoms with Crippen LogP contribution in [0, 0.1) is 0 Å². The maximum Gasteiger partial charge on any atom is 0.175 e. The van der Waals surface area contributed by atoms with Crippen molar-refractivity contribution in [2.75, 3.05) is 0 Å². The van der Waals surface area contributed by atoms with Gasteiger partial charge in [0.1, 0.15) is 11.5 Å². The fourth-order valence-corrected chi connectivity index (χ4v) is 2.47. The van der Waals surface area contributed by atoms with E-state index in [9.17, 15) is 10.2 Å².